The third-order valence-electron chi connectivity index (χ3n) is 3.40. The number of nitrogens with one attached hydrogen (secondary N) is 2. The first-order valence-electron chi connectivity index (χ1n) is 6.77. The molecule has 0 unspecified atom stereocenters. The first kappa shape index (κ1) is 16.3. The molecule has 0 radical (unpaired) electrons. The number of hydrogen-bond acceptors (Lipinski definition) is 3. The van der Waals surface area contributed by atoms with Gasteiger partial charge in [-0.1, -0.05) is 18.2 Å². The van der Waals surface area contributed by atoms with Gasteiger partial charge in [-0.05, 0) is 23.8 Å². The molecular weight excluding hydrogens is 343 g/mol. The van der Waals surface area contributed by atoms with E-state index >= 15 is 0 Å². The molecule has 0 bridgehead atoms. The van der Waals surface area contributed by atoms with Gasteiger partial charge in [0.15, 0.2) is 0 Å². The van der Waals surface area contributed by atoms with Crippen LogP contribution >= 0.6 is 0 Å². The van der Waals surface area contributed by atoms with Crippen molar-refractivity contribution in [3.05, 3.63) is 48.2 Å². The van der Waals surface area contributed by atoms with Crippen molar-refractivity contribution < 1.29 is 21.6 Å². The molecule has 0 amide bonds. The SMILES string of the molecule is CS(=O)(=O)Nc1ccccc1-c1cc(C(F)(F)F)cc2[nH]ncc12. The zero-order valence-electron chi connectivity index (χ0n) is 12.3. The van der Waals surface area contributed by atoms with Gasteiger partial charge in [0.1, 0.15) is 0 Å². The Hall–Kier alpha value is -2.55. The van der Waals surface area contributed by atoms with Gasteiger partial charge in [0.05, 0.1) is 29.2 Å². The molecule has 3 aromatic rings. The van der Waals surface area contributed by atoms with E-state index in [0.717, 1.165) is 18.4 Å². The molecular formula is C15H12F3N3O2S. The molecule has 0 aliphatic carbocycles. The summed E-state index contributed by atoms with van der Waals surface area (Å²) in [6.07, 6.45) is -2.15. The van der Waals surface area contributed by atoms with Crippen LogP contribution in [-0.4, -0.2) is 24.9 Å². The number of alkyl halides is 3. The number of benzene rings is 2. The molecule has 0 saturated heterocycles. The Morgan fingerprint density at radius 3 is 2.50 bits per heavy atom. The molecule has 0 aliphatic rings. The van der Waals surface area contributed by atoms with Gasteiger partial charge < -0.3 is 0 Å². The highest BCUT2D eigenvalue weighted by molar-refractivity contribution is 7.92. The van der Waals surface area contributed by atoms with E-state index in [4.69, 9.17) is 0 Å². The quantitative estimate of drug-likeness (QED) is 0.753. The fourth-order valence-corrected chi connectivity index (χ4v) is 3.02. The summed E-state index contributed by atoms with van der Waals surface area (Å²) in [5, 5.41) is 6.77. The second-order valence-electron chi connectivity index (χ2n) is 5.27. The molecule has 2 aromatic carbocycles. The summed E-state index contributed by atoms with van der Waals surface area (Å²) in [7, 11) is -3.58. The lowest BCUT2D eigenvalue weighted by Gasteiger charge is -2.14. The lowest BCUT2D eigenvalue weighted by molar-refractivity contribution is -0.137. The number of para-hydroxylation sites is 1. The Morgan fingerprint density at radius 1 is 1.12 bits per heavy atom. The zero-order valence-corrected chi connectivity index (χ0v) is 13.2. The van der Waals surface area contributed by atoms with Crippen molar-refractivity contribution in [1.82, 2.24) is 10.2 Å². The highest BCUT2D eigenvalue weighted by Crippen LogP contribution is 2.39. The number of anilines is 1. The Kier molecular flexibility index (Phi) is 3.75. The number of sulfonamides is 1. The van der Waals surface area contributed by atoms with Gasteiger partial charge in [-0.25, -0.2) is 8.42 Å². The van der Waals surface area contributed by atoms with E-state index in [9.17, 15) is 21.6 Å². The summed E-state index contributed by atoms with van der Waals surface area (Å²) in [4.78, 5) is 0. The molecule has 5 nitrogen and oxygen atoms in total. The molecule has 1 heterocycles. The van der Waals surface area contributed by atoms with Crippen LogP contribution in [0.5, 0.6) is 0 Å². The number of aromatic amines is 1. The van der Waals surface area contributed by atoms with E-state index in [1.807, 2.05) is 0 Å². The molecule has 24 heavy (non-hydrogen) atoms. The van der Waals surface area contributed by atoms with Crippen molar-refractivity contribution in [2.24, 2.45) is 0 Å². The van der Waals surface area contributed by atoms with Gasteiger partial charge in [0.25, 0.3) is 0 Å². The van der Waals surface area contributed by atoms with Crippen LogP contribution < -0.4 is 4.72 Å². The predicted octanol–water partition coefficient (Wildman–Crippen LogP) is 3.62. The van der Waals surface area contributed by atoms with Gasteiger partial charge in [-0.3, -0.25) is 9.82 Å². The van der Waals surface area contributed by atoms with E-state index < -0.39 is 21.8 Å². The van der Waals surface area contributed by atoms with E-state index in [0.29, 0.717) is 10.9 Å². The molecule has 0 saturated carbocycles. The normalized spacial score (nSPS) is 12.5. The predicted molar refractivity (Wildman–Crippen MR) is 85.0 cm³/mol. The summed E-state index contributed by atoms with van der Waals surface area (Å²) in [5.41, 5.74) is 0.139. The van der Waals surface area contributed by atoms with Crippen LogP contribution in [0.15, 0.2) is 42.6 Å². The van der Waals surface area contributed by atoms with Crippen LogP contribution in [0.4, 0.5) is 18.9 Å². The maximum Gasteiger partial charge on any atom is 0.416 e. The Bertz CT molecular complexity index is 1010. The molecule has 3 rings (SSSR count). The standard InChI is InChI=1S/C15H12F3N3O2S/c1-24(22,23)21-13-5-3-2-4-10(13)11-6-9(15(16,17)18)7-14-12(11)8-19-20-14/h2-8,21H,1H3,(H,19,20). The van der Waals surface area contributed by atoms with Gasteiger partial charge in [0, 0.05) is 10.9 Å². The second kappa shape index (κ2) is 5.52. The lowest BCUT2D eigenvalue weighted by Crippen LogP contribution is -2.10. The molecule has 9 heteroatoms. The molecule has 126 valence electrons. The Labute approximate surface area is 135 Å². The molecule has 0 fully saturated rings. The summed E-state index contributed by atoms with van der Waals surface area (Å²) in [5.74, 6) is 0. The Morgan fingerprint density at radius 2 is 1.83 bits per heavy atom. The fourth-order valence-electron chi connectivity index (χ4n) is 2.44. The number of aromatic nitrogens is 2. The maximum atomic E-state index is 13.1. The number of halogens is 3. The molecule has 0 atom stereocenters. The van der Waals surface area contributed by atoms with Crippen molar-refractivity contribution >= 4 is 26.6 Å². The summed E-state index contributed by atoms with van der Waals surface area (Å²) in [6.45, 7) is 0. The number of nitrogens with zero attached hydrogens (tertiary/aromatic N) is 1. The van der Waals surface area contributed by atoms with Crippen LogP contribution in [-0.2, 0) is 16.2 Å². The number of fused-ring (bicyclic) bond motifs is 1. The van der Waals surface area contributed by atoms with Crippen LogP contribution in [0.25, 0.3) is 22.0 Å². The van der Waals surface area contributed by atoms with Gasteiger partial charge in [-0.2, -0.15) is 18.3 Å². The van der Waals surface area contributed by atoms with E-state index in [1.165, 1.54) is 12.3 Å². The van der Waals surface area contributed by atoms with Gasteiger partial charge in [0.2, 0.25) is 10.0 Å². The van der Waals surface area contributed by atoms with Gasteiger partial charge in [-0.15, -0.1) is 0 Å². The molecule has 0 spiro atoms. The van der Waals surface area contributed by atoms with E-state index in [1.54, 1.807) is 18.2 Å². The summed E-state index contributed by atoms with van der Waals surface area (Å²) >= 11 is 0. The van der Waals surface area contributed by atoms with Crippen molar-refractivity contribution in [3.63, 3.8) is 0 Å². The minimum atomic E-state index is -4.53. The minimum absolute atomic E-state index is 0.196. The summed E-state index contributed by atoms with van der Waals surface area (Å²) in [6, 6.07) is 8.21. The fraction of sp³-hybridized carbons (Fsp3) is 0.133. The van der Waals surface area contributed by atoms with E-state index in [-0.39, 0.29) is 16.8 Å². The van der Waals surface area contributed by atoms with Crippen molar-refractivity contribution in [2.75, 3.05) is 11.0 Å². The summed E-state index contributed by atoms with van der Waals surface area (Å²) < 4.78 is 64.8. The molecule has 0 aliphatic heterocycles. The Balaban J connectivity index is 2.29. The van der Waals surface area contributed by atoms with Crippen LogP contribution in [0.1, 0.15) is 5.56 Å². The van der Waals surface area contributed by atoms with Crippen LogP contribution in [0.2, 0.25) is 0 Å². The zero-order chi connectivity index (χ0) is 17.5. The minimum Gasteiger partial charge on any atom is -0.283 e. The first-order valence-corrected chi connectivity index (χ1v) is 8.66. The highest BCUT2D eigenvalue weighted by Gasteiger charge is 2.32. The monoisotopic (exact) mass is 355 g/mol. The number of H-pyrrole nitrogens is 1. The largest absolute Gasteiger partial charge is 0.416 e. The first-order chi connectivity index (χ1) is 11.1. The third-order valence-corrected chi connectivity index (χ3v) is 3.99. The van der Waals surface area contributed by atoms with Crippen molar-refractivity contribution in [1.29, 1.82) is 0 Å². The average Bonchev–Trinajstić information content (AvgIpc) is 2.92. The second-order valence-corrected chi connectivity index (χ2v) is 7.02. The molecule has 1 aromatic heterocycles. The topological polar surface area (TPSA) is 74.8 Å². The highest BCUT2D eigenvalue weighted by atomic mass is 32.2. The lowest BCUT2D eigenvalue weighted by atomic mass is 9.97. The number of rotatable bonds is 3. The average molecular weight is 355 g/mol. The number of hydrogen-bond donors (Lipinski definition) is 2. The maximum absolute atomic E-state index is 13.1. The van der Waals surface area contributed by atoms with Crippen molar-refractivity contribution in [2.45, 2.75) is 6.18 Å². The van der Waals surface area contributed by atoms with Gasteiger partial charge >= 0.3 is 6.18 Å². The third kappa shape index (κ3) is 3.21. The molecule has 2 N–H and O–H groups in total. The smallest absolute Gasteiger partial charge is 0.283 e. The van der Waals surface area contributed by atoms with Crippen LogP contribution in [0, 0.1) is 0 Å². The van der Waals surface area contributed by atoms with E-state index in [2.05, 4.69) is 14.9 Å². The van der Waals surface area contributed by atoms with Crippen molar-refractivity contribution in [3.8, 4) is 11.1 Å². The van der Waals surface area contributed by atoms with Crippen LogP contribution in [0.3, 0.4) is 0 Å².